The van der Waals surface area contributed by atoms with Gasteiger partial charge in [-0.05, 0) is 6.07 Å². The second kappa shape index (κ2) is 6.66. The number of nitrogens with one attached hydrogen (secondary N) is 2. The van der Waals surface area contributed by atoms with Crippen LogP contribution in [0.4, 0.5) is 0 Å². The van der Waals surface area contributed by atoms with E-state index in [0.717, 1.165) is 43.6 Å². The molecule has 0 bridgehead atoms. The predicted molar refractivity (Wildman–Crippen MR) is 118 cm³/mol. The van der Waals surface area contributed by atoms with Gasteiger partial charge in [0, 0.05) is 28.3 Å². The maximum Gasteiger partial charge on any atom is 0.204 e. The van der Waals surface area contributed by atoms with E-state index in [4.69, 9.17) is 23.7 Å². The smallest absolute Gasteiger partial charge is 0.204 e. The predicted octanol–water partition coefficient (Wildman–Crippen LogP) is 5.00. The van der Waals surface area contributed by atoms with Crippen LogP contribution in [0.2, 0.25) is 0 Å². The highest BCUT2D eigenvalue weighted by atomic mass is 16.5. The van der Waals surface area contributed by atoms with Crippen LogP contribution in [-0.2, 0) is 0 Å². The highest BCUT2D eigenvalue weighted by molar-refractivity contribution is 6.23. The fraction of sp³-hybridized carbons (Fsp3) is 0.217. The molecule has 2 N–H and O–H groups in total. The number of benzene rings is 3. The van der Waals surface area contributed by atoms with Gasteiger partial charge in [-0.1, -0.05) is 12.1 Å². The first-order valence-corrected chi connectivity index (χ1v) is 9.45. The molecule has 2 aromatic heterocycles. The first-order chi connectivity index (χ1) is 14.6. The second-order valence-electron chi connectivity index (χ2n) is 6.98. The van der Waals surface area contributed by atoms with E-state index in [-0.39, 0.29) is 0 Å². The number of H-pyrrole nitrogens is 2. The summed E-state index contributed by atoms with van der Waals surface area (Å²) >= 11 is 0. The van der Waals surface area contributed by atoms with Crippen LogP contribution in [0.5, 0.6) is 28.7 Å². The maximum atomic E-state index is 5.72. The number of aromatic amines is 2. The molecule has 0 saturated carbocycles. The van der Waals surface area contributed by atoms with Gasteiger partial charge in [-0.15, -0.1) is 0 Å². The lowest BCUT2D eigenvalue weighted by atomic mass is 10.1. The Kier molecular flexibility index (Phi) is 4.06. The molecule has 7 heteroatoms. The summed E-state index contributed by atoms with van der Waals surface area (Å²) in [6, 6.07) is 10.1. The Morgan fingerprint density at radius 3 is 1.77 bits per heavy atom. The van der Waals surface area contributed by atoms with Crippen molar-refractivity contribution in [3.05, 3.63) is 30.3 Å². The molecule has 3 aromatic carbocycles. The second-order valence-corrected chi connectivity index (χ2v) is 6.98. The molecule has 0 aliphatic heterocycles. The Balaban J connectivity index is 1.92. The van der Waals surface area contributed by atoms with Crippen molar-refractivity contribution >= 4 is 43.6 Å². The molecule has 0 fully saturated rings. The third-order valence-corrected chi connectivity index (χ3v) is 5.64. The molecule has 5 aromatic rings. The van der Waals surface area contributed by atoms with Crippen LogP contribution in [0.3, 0.4) is 0 Å². The van der Waals surface area contributed by atoms with Crippen molar-refractivity contribution in [2.75, 3.05) is 35.5 Å². The SMILES string of the molecule is COc1cc2[nH]c3c(ccc4c3[nH]c3cc(OC)c(OC)c(OC)c34)c2cc1OC. The monoisotopic (exact) mass is 406 g/mol. The van der Waals surface area contributed by atoms with Gasteiger partial charge in [-0.25, -0.2) is 0 Å². The number of methoxy groups -OCH3 is 5. The van der Waals surface area contributed by atoms with Gasteiger partial charge in [0.05, 0.1) is 63.0 Å². The van der Waals surface area contributed by atoms with Gasteiger partial charge in [0.15, 0.2) is 23.0 Å². The number of rotatable bonds is 5. The van der Waals surface area contributed by atoms with E-state index in [2.05, 4.69) is 22.1 Å². The fourth-order valence-corrected chi connectivity index (χ4v) is 4.29. The number of ether oxygens (including phenoxy) is 5. The molecule has 0 unspecified atom stereocenters. The average molecular weight is 406 g/mol. The third kappa shape index (κ3) is 2.32. The zero-order chi connectivity index (χ0) is 21.0. The summed E-state index contributed by atoms with van der Waals surface area (Å²) in [5.41, 5.74) is 3.84. The Hall–Kier alpha value is -3.74. The van der Waals surface area contributed by atoms with Crippen molar-refractivity contribution in [2.45, 2.75) is 0 Å². The van der Waals surface area contributed by atoms with E-state index in [9.17, 15) is 0 Å². The minimum atomic E-state index is 0.569. The van der Waals surface area contributed by atoms with Crippen LogP contribution in [0.1, 0.15) is 0 Å². The van der Waals surface area contributed by atoms with Crippen molar-refractivity contribution in [1.29, 1.82) is 0 Å². The highest BCUT2D eigenvalue weighted by Gasteiger charge is 2.21. The summed E-state index contributed by atoms with van der Waals surface area (Å²) in [7, 11) is 8.13. The number of aromatic nitrogens is 2. The molecule has 0 spiro atoms. The molecule has 0 amide bonds. The van der Waals surface area contributed by atoms with Crippen molar-refractivity contribution in [3.8, 4) is 28.7 Å². The highest BCUT2D eigenvalue weighted by Crippen LogP contribution is 2.47. The summed E-state index contributed by atoms with van der Waals surface area (Å²) in [6.07, 6.45) is 0. The van der Waals surface area contributed by atoms with E-state index < -0.39 is 0 Å². The molecule has 0 aliphatic rings. The van der Waals surface area contributed by atoms with Gasteiger partial charge < -0.3 is 33.7 Å². The van der Waals surface area contributed by atoms with E-state index in [1.165, 1.54) is 0 Å². The molecule has 154 valence electrons. The minimum Gasteiger partial charge on any atom is -0.493 e. The van der Waals surface area contributed by atoms with E-state index >= 15 is 0 Å². The number of hydrogen-bond acceptors (Lipinski definition) is 5. The van der Waals surface area contributed by atoms with E-state index in [1.54, 1.807) is 35.5 Å². The molecule has 0 aliphatic carbocycles. The van der Waals surface area contributed by atoms with Crippen molar-refractivity contribution in [2.24, 2.45) is 0 Å². The molecule has 0 atom stereocenters. The normalized spacial score (nSPS) is 11.5. The van der Waals surface area contributed by atoms with E-state index in [1.807, 2.05) is 18.2 Å². The van der Waals surface area contributed by atoms with Crippen molar-refractivity contribution < 1.29 is 23.7 Å². The Labute approximate surface area is 172 Å². The summed E-state index contributed by atoms with van der Waals surface area (Å²) < 4.78 is 27.8. The van der Waals surface area contributed by atoms with Gasteiger partial charge in [-0.3, -0.25) is 0 Å². The largest absolute Gasteiger partial charge is 0.493 e. The van der Waals surface area contributed by atoms with Crippen LogP contribution in [-0.4, -0.2) is 45.5 Å². The van der Waals surface area contributed by atoms with Gasteiger partial charge in [0.25, 0.3) is 0 Å². The van der Waals surface area contributed by atoms with Crippen LogP contribution < -0.4 is 23.7 Å². The lowest BCUT2D eigenvalue weighted by molar-refractivity contribution is 0.327. The zero-order valence-corrected chi connectivity index (χ0v) is 17.4. The van der Waals surface area contributed by atoms with Gasteiger partial charge >= 0.3 is 0 Å². The Bertz CT molecular complexity index is 1430. The van der Waals surface area contributed by atoms with Crippen LogP contribution in [0, 0.1) is 0 Å². The quantitative estimate of drug-likeness (QED) is 0.430. The summed E-state index contributed by atoms with van der Waals surface area (Å²) in [5.74, 6) is 3.19. The molecule has 7 nitrogen and oxygen atoms in total. The molecule has 2 heterocycles. The van der Waals surface area contributed by atoms with Crippen LogP contribution >= 0.6 is 0 Å². The maximum absolute atomic E-state index is 5.72. The summed E-state index contributed by atoms with van der Waals surface area (Å²) in [5, 5.41) is 4.12. The summed E-state index contributed by atoms with van der Waals surface area (Å²) in [6.45, 7) is 0. The third-order valence-electron chi connectivity index (χ3n) is 5.64. The van der Waals surface area contributed by atoms with Crippen LogP contribution in [0.15, 0.2) is 30.3 Å². The number of fused-ring (bicyclic) bond motifs is 7. The average Bonchev–Trinajstić information content (AvgIpc) is 3.33. The lowest BCUT2D eigenvalue weighted by Crippen LogP contribution is -1.95. The standard InChI is InChI=1S/C23H22N2O5/c1-26-16-8-13-11-6-7-12-19-15(10-18(28-3)22(29-4)23(19)30-5)25-21(12)20(11)24-14(13)9-17(16)27-2/h6-10,24-25H,1-5H3. The zero-order valence-electron chi connectivity index (χ0n) is 17.4. The minimum absolute atomic E-state index is 0.569. The van der Waals surface area contributed by atoms with Gasteiger partial charge in [-0.2, -0.15) is 0 Å². The molecule has 0 saturated heterocycles. The van der Waals surface area contributed by atoms with Crippen molar-refractivity contribution in [3.63, 3.8) is 0 Å². The molecular formula is C23H22N2O5. The molecule has 30 heavy (non-hydrogen) atoms. The van der Waals surface area contributed by atoms with Gasteiger partial charge in [0.2, 0.25) is 5.75 Å². The lowest BCUT2D eigenvalue weighted by Gasteiger charge is -2.13. The van der Waals surface area contributed by atoms with Gasteiger partial charge in [0.1, 0.15) is 0 Å². The van der Waals surface area contributed by atoms with E-state index in [0.29, 0.717) is 28.7 Å². The Morgan fingerprint density at radius 1 is 0.533 bits per heavy atom. The Morgan fingerprint density at radius 2 is 1.10 bits per heavy atom. The summed E-state index contributed by atoms with van der Waals surface area (Å²) in [4.78, 5) is 7.06. The first kappa shape index (κ1) is 18.3. The fourth-order valence-electron chi connectivity index (χ4n) is 4.29. The van der Waals surface area contributed by atoms with Crippen LogP contribution in [0.25, 0.3) is 43.6 Å². The number of hydrogen-bond donors (Lipinski definition) is 2. The molecule has 0 radical (unpaired) electrons. The van der Waals surface area contributed by atoms with Crippen molar-refractivity contribution in [1.82, 2.24) is 9.97 Å². The first-order valence-electron chi connectivity index (χ1n) is 9.45. The molecular weight excluding hydrogens is 384 g/mol. The topological polar surface area (TPSA) is 77.7 Å². The molecule has 5 rings (SSSR count).